The smallest absolute Gasteiger partial charge is 0.0493 e. The van der Waals surface area contributed by atoms with Crippen LogP contribution in [0.25, 0.3) is 10.9 Å². The molecule has 6 heteroatoms. The molecule has 3 aromatic rings. The second-order valence-corrected chi connectivity index (χ2v) is 7.89. The standard InChI is InChI=1S/C19H19Cl3N2S/c1-12-16(7-8-23-22)17-10-15(25-2)5-6-19(17)24(12)11-13-3-4-14(20)9-18(13)21/h3-6,9-10,23H,7-8,11H2,1-2H3. The Balaban J connectivity index is 2.11. The Labute approximate surface area is 167 Å². The molecule has 132 valence electrons. The lowest BCUT2D eigenvalue weighted by Crippen LogP contribution is -2.07. The first kappa shape index (κ1) is 18.9. The summed E-state index contributed by atoms with van der Waals surface area (Å²) in [7, 11) is 0. The molecule has 1 heterocycles. The molecule has 3 rings (SSSR count). The van der Waals surface area contributed by atoms with Crippen LogP contribution in [0, 0.1) is 6.92 Å². The number of hydrogen-bond donors (Lipinski definition) is 1. The molecule has 0 aliphatic carbocycles. The normalized spacial score (nSPS) is 11.4. The summed E-state index contributed by atoms with van der Waals surface area (Å²) < 4.78 is 2.32. The average molecular weight is 414 g/mol. The minimum absolute atomic E-state index is 0.654. The Morgan fingerprint density at radius 2 is 1.92 bits per heavy atom. The quantitative estimate of drug-likeness (QED) is 0.376. The zero-order chi connectivity index (χ0) is 18.0. The van der Waals surface area contributed by atoms with Gasteiger partial charge in [0.1, 0.15) is 0 Å². The Hall–Kier alpha value is -0.840. The maximum absolute atomic E-state index is 6.39. The third-order valence-electron chi connectivity index (χ3n) is 4.47. The molecule has 0 unspecified atom stereocenters. The molecule has 0 fully saturated rings. The zero-order valence-electron chi connectivity index (χ0n) is 14.1. The summed E-state index contributed by atoms with van der Waals surface area (Å²) in [4.78, 5) is 3.99. The summed E-state index contributed by atoms with van der Waals surface area (Å²) in [5.74, 6) is 0. The van der Waals surface area contributed by atoms with Crippen molar-refractivity contribution in [1.82, 2.24) is 9.40 Å². The van der Waals surface area contributed by atoms with Gasteiger partial charge in [-0.3, -0.25) is 0 Å². The van der Waals surface area contributed by atoms with Crippen molar-refractivity contribution in [3.8, 4) is 0 Å². The molecular weight excluding hydrogens is 395 g/mol. The van der Waals surface area contributed by atoms with Crippen molar-refractivity contribution >= 4 is 57.6 Å². The highest BCUT2D eigenvalue weighted by atomic mass is 35.5. The van der Waals surface area contributed by atoms with E-state index < -0.39 is 0 Å². The first-order valence-electron chi connectivity index (χ1n) is 7.98. The molecule has 0 atom stereocenters. The van der Waals surface area contributed by atoms with Crippen LogP contribution in [-0.2, 0) is 13.0 Å². The van der Waals surface area contributed by atoms with Crippen molar-refractivity contribution in [2.24, 2.45) is 0 Å². The second-order valence-electron chi connectivity index (χ2n) is 5.90. The topological polar surface area (TPSA) is 17.0 Å². The van der Waals surface area contributed by atoms with Gasteiger partial charge in [-0.2, -0.15) is 0 Å². The van der Waals surface area contributed by atoms with E-state index in [1.165, 1.54) is 27.1 Å². The molecule has 1 N–H and O–H groups in total. The van der Waals surface area contributed by atoms with Crippen LogP contribution in [0.15, 0.2) is 41.3 Å². The molecule has 0 radical (unpaired) electrons. The molecule has 0 amide bonds. The van der Waals surface area contributed by atoms with Gasteiger partial charge < -0.3 is 4.57 Å². The van der Waals surface area contributed by atoms with Crippen LogP contribution in [-0.4, -0.2) is 17.4 Å². The van der Waals surface area contributed by atoms with Crippen molar-refractivity contribution < 1.29 is 0 Å². The van der Waals surface area contributed by atoms with Crippen LogP contribution in [0.3, 0.4) is 0 Å². The van der Waals surface area contributed by atoms with Gasteiger partial charge in [0, 0.05) is 44.6 Å². The molecule has 0 saturated heterocycles. The van der Waals surface area contributed by atoms with Crippen molar-refractivity contribution in [2.45, 2.75) is 24.8 Å². The molecule has 0 bridgehead atoms. The van der Waals surface area contributed by atoms with E-state index in [1.807, 2.05) is 12.1 Å². The summed E-state index contributed by atoms with van der Waals surface area (Å²) in [6.45, 7) is 3.60. The fraction of sp³-hybridized carbons (Fsp3) is 0.263. The van der Waals surface area contributed by atoms with E-state index in [4.69, 9.17) is 35.0 Å². The predicted octanol–water partition coefficient (Wildman–Crippen LogP) is 6.31. The lowest BCUT2D eigenvalue weighted by molar-refractivity contribution is 0.788. The maximum Gasteiger partial charge on any atom is 0.0493 e. The SMILES string of the molecule is CSc1ccc2c(c1)c(CCNCl)c(C)n2Cc1ccc(Cl)cc1Cl. The number of nitrogens with one attached hydrogen (secondary N) is 1. The first-order chi connectivity index (χ1) is 12.0. The summed E-state index contributed by atoms with van der Waals surface area (Å²) in [5, 5.41) is 2.63. The monoisotopic (exact) mass is 412 g/mol. The third-order valence-corrected chi connectivity index (χ3v) is 5.98. The number of aromatic nitrogens is 1. The van der Waals surface area contributed by atoms with E-state index in [0.29, 0.717) is 16.6 Å². The highest BCUT2D eigenvalue weighted by molar-refractivity contribution is 7.98. The number of benzene rings is 2. The lowest BCUT2D eigenvalue weighted by Gasteiger charge is -2.11. The Morgan fingerprint density at radius 3 is 2.60 bits per heavy atom. The Bertz CT molecular complexity index is 905. The van der Waals surface area contributed by atoms with Crippen LogP contribution in [0.5, 0.6) is 0 Å². The summed E-state index contributed by atoms with van der Waals surface area (Å²) >= 11 is 19.9. The van der Waals surface area contributed by atoms with E-state index >= 15 is 0 Å². The number of hydrogen-bond acceptors (Lipinski definition) is 2. The first-order valence-corrected chi connectivity index (χ1v) is 10.3. The van der Waals surface area contributed by atoms with Crippen LogP contribution >= 0.6 is 46.7 Å². The van der Waals surface area contributed by atoms with Gasteiger partial charge in [0.25, 0.3) is 0 Å². The largest absolute Gasteiger partial charge is 0.340 e. The number of halogens is 3. The second kappa shape index (κ2) is 8.24. The van der Waals surface area contributed by atoms with Gasteiger partial charge in [0.05, 0.1) is 0 Å². The van der Waals surface area contributed by atoms with E-state index in [9.17, 15) is 0 Å². The average Bonchev–Trinajstić information content (AvgIpc) is 2.86. The minimum atomic E-state index is 0.654. The van der Waals surface area contributed by atoms with Gasteiger partial charge in [-0.25, -0.2) is 4.84 Å². The van der Waals surface area contributed by atoms with Crippen LogP contribution in [0.1, 0.15) is 16.8 Å². The van der Waals surface area contributed by atoms with E-state index in [0.717, 1.165) is 18.5 Å². The number of rotatable bonds is 6. The molecule has 0 spiro atoms. The Morgan fingerprint density at radius 1 is 1.12 bits per heavy atom. The van der Waals surface area contributed by atoms with E-state index in [-0.39, 0.29) is 0 Å². The van der Waals surface area contributed by atoms with Crippen molar-refractivity contribution in [1.29, 1.82) is 0 Å². The molecule has 0 aliphatic heterocycles. The van der Waals surface area contributed by atoms with E-state index in [2.05, 4.69) is 40.8 Å². The number of thioether (sulfide) groups is 1. The number of nitrogens with zero attached hydrogens (tertiary/aromatic N) is 1. The third kappa shape index (κ3) is 3.96. The minimum Gasteiger partial charge on any atom is -0.340 e. The van der Waals surface area contributed by atoms with Crippen LogP contribution < -0.4 is 4.84 Å². The lowest BCUT2D eigenvalue weighted by atomic mass is 10.1. The molecule has 0 saturated carbocycles. The fourth-order valence-electron chi connectivity index (χ4n) is 3.17. The summed E-state index contributed by atoms with van der Waals surface area (Å²) in [6.07, 6.45) is 2.98. The van der Waals surface area contributed by atoms with E-state index in [1.54, 1.807) is 17.8 Å². The van der Waals surface area contributed by atoms with Crippen molar-refractivity contribution in [3.05, 3.63) is 63.3 Å². The van der Waals surface area contributed by atoms with Gasteiger partial charge in [-0.1, -0.05) is 29.3 Å². The highest BCUT2D eigenvalue weighted by Gasteiger charge is 2.15. The van der Waals surface area contributed by atoms with Gasteiger partial charge in [-0.05, 0) is 72.8 Å². The zero-order valence-corrected chi connectivity index (χ0v) is 17.2. The summed E-state index contributed by atoms with van der Waals surface area (Å²) in [5.41, 5.74) is 4.84. The molecule has 2 aromatic carbocycles. The fourth-order valence-corrected chi connectivity index (χ4v) is 4.17. The van der Waals surface area contributed by atoms with Gasteiger partial charge >= 0.3 is 0 Å². The van der Waals surface area contributed by atoms with Gasteiger partial charge in [0.2, 0.25) is 0 Å². The number of fused-ring (bicyclic) bond motifs is 1. The molecule has 2 nitrogen and oxygen atoms in total. The van der Waals surface area contributed by atoms with Gasteiger partial charge in [-0.15, -0.1) is 11.8 Å². The van der Waals surface area contributed by atoms with Crippen LogP contribution in [0.4, 0.5) is 0 Å². The van der Waals surface area contributed by atoms with Crippen LogP contribution in [0.2, 0.25) is 10.0 Å². The van der Waals surface area contributed by atoms with Crippen molar-refractivity contribution in [2.75, 3.05) is 12.8 Å². The maximum atomic E-state index is 6.39. The highest BCUT2D eigenvalue weighted by Crippen LogP contribution is 2.32. The molecular formula is C19H19Cl3N2S. The Kier molecular flexibility index (Phi) is 6.24. The predicted molar refractivity (Wildman–Crippen MR) is 112 cm³/mol. The molecule has 1 aromatic heterocycles. The summed E-state index contributed by atoms with van der Waals surface area (Å²) in [6, 6.07) is 12.3. The van der Waals surface area contributed by atoms with Crippen molar-refractivity contribution in [3.63, 3.8) is 0 Å². The molecule has 25 heavy (non-hydrogen) atoms. The molecule has 0 aliphatic rings. The van der Waals surface area contributed by atoms with Gasteiger partial charge in [0.15, 0.2) is 0 Å².